The highest BCUT2D eigenvalue weighted by atomic mass is 127. The molecule has 37 heavy (non-hydrogen) atoms. The number of phenols is 1. The lowest BCUT2D eigenvalue weighted by Gasteiger charge is -2.26. The van der Waals surface area contributed by atoms with Crippen LogP contribution in [0.25, 0.3) is 6.08 Å². The fourth-order valence-corrected chi connectivity index (χ4v) is 5.79. The van der Waals surface area contributed by atoms with Crippen LogP contribution in [-0.2, 0) is 9.53 Å². The second-order valence-corrected chi connectivity index (χ2v) is 10.4. The number of esters is 1. The van der Waals surface area contributed by atoms with Crippen molar-refractivity contribution in [1.82, 2.24) is 4.57 Å². The van der Waals surface area contributed by atoms with Gasteiger partial charge in [-0.15, -0.1) is 0 Å². The number of rotatable bonds is 8. The number of carbonyl (C=O) groups excluding carboxylic acids is 1. The standard InChI is InChI=1S/C27H27IN2O6S/c1-5-11-36-19-10-8-7-9-17(19)23-22(26(33)35-6-2)15(3)29-27-30(23)25(32)21(37-27)14-16-12-18(28)24(31)20(13-16)34-4/h7-10,12-14,23,31H,5-6,11H2,1-4H3/b21-14+/t23-/m1/s1. The van der Waals surface area contributed by atoms with E-state index in [2.05, 4.69) is 4.99 Å². The fourth-order valence-electron chi connectivity index (χ4n) is 4.12. The van der Waals surface area contributed by atoms with Crippen LogP contribution in [0, 0.1) is 3.57 Å². The van der Waals surface area contributed by atoms with Crippen LogP contribution in [0.3, 0.4) is 0 Å². The Morgan fingerprint density at radius 3 is 2.70 bits per heavy atom. The van der Waals surface area contributed by atoms with E-state index in [0.717, 1.165) is 6.42 Å². The summed E-state index contributed by atoms with van der Waals surface area (Å²) in [7, 11) is 1.47. The number of phenolic OH excluding ortho intramolecular Hbond substituents is 1. The molecule has 0 radical (unpaired) electrons. The number of para-hydroxylation sites is 1. The molecule has 1 aromatic heterocycles. The van der Waals surface area contributed by atoms with Gasteiger partial charge in [0.05, 0.1) is 39.7 Å². The van der Waals surface area contributed by atoms with Gasteiger partial charge in [0.25, 0.3) is 5.56 Å². The molecule has 0 fully saturated rings. The van der Waals surface area contributed by atoms with Gasteiger partial charge in [-0.3, -0.25) is 9.36 Å². The van der Waals surface area contributed by atoms with Gasteiger partial charge in [0, 0.05) is 5.56 Å². The summed E-state index contributed by atoms with van der Waals surface area (Å²) >= 11 is 3.24. The summed E-state index contributed by atoms with van der Waals surface area (Å²) in [5, 5.41) is 10.2. The molecular formula is C27H27IN2O6S. The molecule has 0 bridgehead atoms. The average Bonchev–Trinajstić information content (AvgIpc) is 3.18. The van der Waals surface area contributed by atoms with E-state index in [0.29, 0.717) is 53.4 Å². The summed E-state index contributed by atoms with van der Waals surface area (Å²) in [5.74, 6) is 0.427. The molecular weight excluding hydrogens is 607 g/mol. The summed E-state index contributed by atoms with van der Waals surface area (Å²) in [6, 6.07) is 10.1. The monoisotopic (exact) mass is 634 g/mol. The van der Waals surface area contributed by atoms with E-state index in [1.165, 1.54) is 23.0 Å². The first kappa shape index (κ1) is 26.9. The minimum Gasteiger partial charge on any atom is -0.504 e. The molecule has 194 valence electrons. The number of ether oxygens (including phenoxy) is 3. The molecule has 1 aliphatic heterocycles. The van der Waals surface area contributed by atoms with Crippen molar-refractivity contribution in [3.05, 3.63) is 82.1 Å². The number of hydrogen-bond acceptors (Lipinski definition) is 8. The highest BCUT2D eigenvalue weighted by Crippen LogP contribution is 2.36. The molecule has 4 rings (SSSR count). The molecule has 1 aliphatic rings. The minimum absolute atomic E-state index is 0.0418. The highest BCUT2D eigenvalue weighted by Gasteiger charge is 2.35. The van der Waals surface area contributed by atoms with E-state index in [1.54, 1.807) is 32.1 Å². The van der Waals surface area contributed by atoms with Crippen molar-refractivity contribution < 1.29 is 24.1 Å². The zero-order valence-electron chi connectivity index (χ0n) is 20.9. The van der Waals surface area contributed by atoms with Crippen LogP contribution in [0.4, 0.5) is 0 Å². The molecule has 0 unspecified atom stereocenters. The fraction of sp³-hybridized carbons (Fsp3) is 0.296. The first-order chi connectivity index (χ1) is 17.8. The predicted octanol–water partition coefficient (Wildman–Crippen LogP) is 3.91. The van der Waals surface area contributed by atoms with E-state index in [-0.39, 0.29) is 17.9 Å². The number of aromatic hydroxyl groups is 1. The number of thiazole rings is 1. The van der Waals surface area contributed by atoms with Crippen LogP contribution in [-0.4, -0.2) is 36.0 Å². The van der Waals surface area contributed by atoms with Gasteiger partial charge < -0.3 is 19.3 Å². The lowest BCUT2D eigenvalue weighted by molar-refractivity contribution is -0.139. The van der Waals surface area contributed by atoms with Crippen LogP contribution in [0.5, 0.6) is 17.2 Å². The van der Waals surface area contributed by atoms with E-state index in [4.69, 9.17) is 14.2 Å². The number of allylic oxidation sites excluding steroid dienone is 1. The maximum atomic E-state index is 13.9. The van der Waals surface area contributed by atoms with Crippen molar-refractivity contribution in [3.8, 4) is 17.2 Å². The Hall–Kier alpha value is -3.12. The number of aromatic nitrogens is 1. The number of halogens is 1. The number of nitrogens with zero attached hydrogens (tertiary/aromatic N) is 2. The van der Waals surface area contributed by atoms with Gasteiger partial charge in [0.1, 0.15) is 11.8 Å². The molecule has 0 saturated heterocycles. The SMILES string of the molecule is CCCOc1ccccc1[C@@H]1C(C(=O)OCC)=C(C)N=c2s/c(=C/c3cc(I)c(O)c(OC)c3)c(=O)n21. The van der Waals surface area contributed by atoms with Crippen molar-refractivity contribution in [1.29, 1.82) is 0 Å². The van der Waals surface area contributed by atoms with E-state index >= 15 is 0 Å². The number of carbonyl (C=O) groups is 1. The molecule has 8 nitrogen and oxygen atoms in total. The third kappa shape index (κ3) is 5.30. The Morgan fingerprint density at radius 2 is 2.00 bits per heavy atom. The van der Waals surface area contributed by atoms with Crippen LogP contribution in [0.2, 0.25) is 0 Å². The average molecular weight is 634 g/mol. The first-order valence-electron chi connectivity index (χ1n) is 11.8. The Balaban J connectivity index is 1.97. The van der Waals surface area contributed by atoms with E-state index in [9.17, 15) is 14.7 Å². The van der Waals surface area contributed by atoms with E-state index < -0.39 is 12.0 Å². The summed E-state index contributed by atoms with van der Waals surface area (Å²) in [5.41, 5.74) is 1.86. The topological polar surface area (TPSA) is 99.4 Å². The zero-order valence-corrected chi connectivity index (χ0v) is 23.9. The van der Waals surface area contributed by atoms with Crippen LogP contribution in [0.15, 0.2) is 57.5 Å². The summed E-state index contributed by atoms with van der Waals surface area (Å²) in [6.07, 6.45) is 2.54. The molecule has 10 heteroatoms. The predicted molar refractivity (Wildman–Crippen MR) is 150 cm³/mol. The molecule has 1 atom stereocenters. The van der Waals surface area contributed by atoms with Crippen LogP contribution in [0.1, 0.15) is 44.4 Å². The second-order valence-electron chi connectivity index (χ2n) is 8.24. The van der Waals surface area contributed by atoms with Crippen LogP contribution < -0.4 is 24.4 Å². The van der Waals surface area contributed by atoms with Crippen molar-refractivity contribution in [2.24, 2.45) is 4.99 Å². The Morgan fingerprint density at radius 1 is 1.24 bits per heavy atom. The Labute approximate surface area is 231 Å². The smallest absolute Gasteiger partial charge is 0.338 e. The number of methoxy groups -OCH3 is 1. The first-order valence-corrected chi connectivity index (χ1v) is 13.7. The molecule has 1 N–H and O–H groups in total. The molecule has 0 spiro atoms. The van der Waals surface area contributed by atoms with Gasteiger partial charge in [-0.2, -0.15) is 0 Å². The molecule has 3 aromatic rings. The molecule has 0 aliphatic carbocycles. The van der Waals surface area contributed by atoms with E-state index in [1.807, 2.05) is 53.8 Å². The second kappa shape index (κ2) is 11.5. The van der Waals surface area contributed by atoms with Crippen molar-refractivity contribution in [3.63, 3.8) is 0 Å². The number of fused-ring (bicyclic) bond motifs is 1. The normalized spacial score (nSPS) is 15.3. The van der Waals surface area contributed by atoms with Crippen molar-refractivity contribution in [2.45, 2.75) is 33.2 Å². The summed E-state index contributed by atoms with van der Waals surface area (Å²) in [6.45, 7) is 6.20. The summed E-state index contributed by atoms with van der Waals surface area (Å²) < 4.78 is 19.2. The molecule has 0 amide bonds. The summed E-state index contributed by atoms with van der Waals surface area (Å²) in [4.78, 5) is 32.1. The third-order valence-corrected chi connectivity index (χ3v) is 7.57. The molecule has 2 aromatic carbocycles. The van der Waals surface area contributed by atoms with Gasteiger partial charge >= 0.3 is 5.97 Å². The van der Waals surface area contributed by atoms with Gasteiger partial charge in [-0.05, 0) is 72.7 Å². The van der Waals surface area contributed by atoms with Crippen molar-refractivity contribution >= 4 is 46.0 Å². The minimum atomic E-state index is -0.764. The van der Waals surface area contributed by atoms with Gasteiger partial charge in [0.2, 0.25) is 0 Å². The van der Waals surface area contributed by atoms with Crippen LogP contribution >= 0.6 is 33.9 Å². The number of hydrogen-bond donors (Lipinski definition) is 1. The Kier molecular flexibility index (Phi) is 8.38. The van der Waals surface area contributed by atoms with Gasteiger partial charge in [0.15, 0.2) is 16.3 Å². The van der Waals surface area contributed by atoms with Gasteiger partial charge in [-0.25, -0.2) is 9.79 Å². The number of benzene rings is 2. The van der Waals surface area contributed by atoms with Gasteiger partial charge in [-0.1, -0.05) is 36.5 Å². The quantitative estimate of drug-likeness (QED) is 0.298. The Bertz CT molecular complexity index is 1560. The third-order valence-electron chi connectivity index (χ3n) is 5.76. The highest BCUT2D eigenvalue weighted by molar-refractivity contribution is 14.1. The molecule has 2 heterocycles. The molecule has 0 saturated carbocycles. The lowest BCUT2D eigenvalue weighted by atomic mass is 9.95. The maximum absolute atomic E-state index is 13.9. The maximum Gasteiger partial charge on any atom is 0.338 e. The van der Waals surface area contributed by atoms with Crippen molar-refractivity contribution in [2.75, 3.05) is 20.3 Å². The lowest BCUT2D eigenvalue weighted by Crippen LogP contribution is -2.40. The zero-order chi connectivity index (χ0) is 26.7. The largest absolute Gasteiger partial charge is 0.504 e.